The van der Waals surface area contributed by atoms with Gasteiger partial charge in [-0.3, -0.25) is 15.1 Å². The molecule has 1 amide bonds. The minimum absolute atomic E-state index is 0.186. The maximum atomic E-state index is 14.9. The number of hydrogen-bond acceptors (Lipinski definition) is 5. The molecule has 28 heavy (non-hydrogen) atoms. The third kappa shape index (κ3) is 2.86. The van der Waals surface area contributed by atoms with E-state index in [0.29, 0.717) is 39.9 Å². The first kappa shape index (κ1) is 17.6. The van der Waals surface area contributed by atoms with Crippen molar-refractivity contribution in [2.24, 2.45) is 0 Å². The Morgan fingerprint density at radius 1 is 1.43 bits per heavy atom. The maximum absolute atomic E-state index is 14.9. The fraction of sp³-hybridized carbons (Fsp3) is 0.150. The molecule has 1 unspecified atom stereocenters. The van der Waals surface area contributed by atoms with Crippen LogP contribution in [0.15, 0.2) is 48.4 Å². The number of nitrogens with zero attached hydrogens (tertiary/aromatic N) is 3. The van der Waals surface area contributed by atoms with Gasteiger partial charge in [-0.25, -0.2) is 14.2 Å². The largest absolute Gasteiger partial charge is 0.439 e. The van der Waals surface area contributed by atoms with E-state index in [-0.39, 0.29) is 6.54 Å². The predicted molar refractivity (Wildman–Crippen MR) is 101 cm³/mol. The second-order valence-corrected chi connectivity index (χ2v) is 6.42. The Labute approximate surface area is 159 Å². The van der Waals surface area contributed by atoms with Crippen LogP contribution in [-0.2, 0) is 4.74 Å². The number of amides is 1. The molecule has 1 fully saturated rings. The summed E-state index contributed by atoms with van der Waals surface area (Å²) in [6.07, 6.45) is 4.42. The molecule has 3 heterocycles. The lowest BCUT2D eigenvalue weighted by Gasteiger charge is -2.14. The molecule has 8 heteroatoms. The van der Waals surface area contributed by atoms with Gasteiger partial charge in [0.1, 0.15) is 11.5 Å². The minimum atomic E-state index is -0.602. The predicted octanol–water partition coefficient (Wildman–Crippen LogP) is 3.47. The summed E-state index contributed by atoms with van der Waals surface area (Å²) in [5.41, 5.74) is 2.50. The summed E-state index contributed by atoms with van der Waals surface area (Å²) in [7, 11) is 0. The monoisotopic (exact) mass is 378 g/mol. The molecule has 2 aromatic heterocycles. The SMILES string of the molecule is CC(=C=N)C1CN(c2ccc(-c3cc(C=O)c4nccn4c3)c(F)c2)C(=O)O1. The molecule has 0 radical (unpaired) electrons. The third-order valence-corrected chi connectivity index (χ3v) is 4.71. The Morgan fingerprint density at radius 2 is 2.25 bits per heavy atom. The molecule has 0 bridgehead atoms. The number of carbonyl (C=O) groups is 2. The van der Waals surface area contributed by atoms with Crippen LogP contribution in [-0.4, -0.2) is 40.3 Å². The Morgan fingerprint density at radius 3 is 2.96 bits per heavy atom. The van der Waals surface area contributed by atoms with E-state index >= 15 is 0 Å². The first-order valence-corrected chi connectivity index (χ1v) is 8.48. The van der Waals surface area contributed by atoms with Crippen LogP contribution in [0.2, 0.25) is 0 Å². The van der Waals surface area contributed by atoms with Gasteiger partial charge in [0, 0.05) is 35.3 Å². The van der Waals surface area contributed by atoms with Crippen LogP contribution in [0, 0.1) is 11.2 Å². The fourth-order valence-electron chi connectivity index (χ4n) is 3.18. The van der Waals surface area contributed by atoms with E-state index in [1.54, 1.807) is 48.1 Å². The van der Waals surface area contributed by atoms with Gasteiger partial charge in [0.25, 0.3) is 0 Å². The number of imidazole rings is 1. The van der Waals surface area contributed by atoms with Gasteiger partial charge in [-0.2, -0.15) is 0 Å². The molecule has 1 aromatic carbocycles. The molecule has 140 valence electrons. The number of fused-ring (bicyclic) bond motifs is 1. The molecule has 1 atom stereocenters. The average molecular weight is 378 g/mol. The minimum Gasteiger partial charge on any atom is -0.439 e. The van der Waals surface area contributed by atoms with E-state index in [4.69, 9.17) is 10.1 Å². The standard InChI is InChI=1S/C20H15FN4O3/c1-12(8-22)18-10-25(20(27)28-18)15-2-3-16(17(21)7-15)13-6-14(11-26)19-23-4-5-24(19)9-13/h2-7,9,11,18,22H,10H2,1H3. The molecule has 0 saturated carbocycles. The summed E-state index contributed by atoms with van der Waals surface area (Å²) in [5, 5.41) is 7.16. The van der Waals surface area contributed by atoms with Gasteiger partial charge in [-0.05, 0) is 37.1 Å². The summed E-state index contributed by atoms with van der Waals surface area (Å²) in [5.74, 6) is 1.68. The van der Waals surface area contributed by atoms with Crippen molar-refractivity contribution in [1.82, 2.24) is 9.38 Å². The summed E-state index contributed by atoms with van der Waals surface area (Å²) >= 11 is 0. The molecule has 1 aliphatic heterocycles. The summed E-state index contributed by atoms with van der Waals surface area (Å²) in [6.45, 7) is 1.83. The van der Waals surface area contributed by atoms with E-state index in [9.17, 15) is 14.0 Å². The van der Waals surface area contributed by atoms with Crippen molar-refractivity contribution < 1.29 is 18.7 Å². The van der Waals surface area contributed by atoms with Gasteiger partial charge in [0.2, 0.25) is 0 Å². The van der Waals surface area contributed by atoms with Gasteiger partial charge in [-0.15, -0.1) is 0 Å². The number of anilines is 1. The number of pyridine rings is 1. The van der Waals surface area contributed by atoms with Crippen LogP contribution in [0.25, 0.3) is 16.8 Å². The normalized spacial score (nSPS) is 16.1. The molecule has 0 spiro atoms. The molecule has 1 saturated heterocycles. The number of benzene rings is 1. The molecule has 1 aliphatic rings. The Hall–Kier alpha value is -3.77. The molecule has 3 aromatic rings. The second-order valence-electron chi connectivity index (χ2n) is 6.42. The topological polar surface area (TPSA) is 87.8 Å². The average Bonchev–Trinajstić information content (AvgIpc) is 3.32. The van der Waals surface area contributed by atoms with Crippen molar-refractivity contribution in [3.8, 4) is 11.1 Å². The highest BCUT2D eigenvalue weighted by Gasteiger charge is 2.33. The lowest BCUT2D eigenvalue weighted by atomic mass is 10.0. The van der Waals surface area contributed by atoms with Gasteiger partial charge >= 0.3 is 6.09 Å². The number of nitrogens with one attached hydrogen (secondary N) is 1. The van der Waals surface area contributed by atoms with Crippen molar-refractivity contribution >= 4 is 29.6 Å². The van der Waals surface area contributed by atoms with Crippen molar-refractivity contribution in [2.45, 2.75) is 13.0 Å². The van der Waals surface area contributed by atoms with Crippen LogP contribution in [0.1, 0.15) is 17.3 Å². The highest BCUT2D eigenvalue weighted by Crippen LogP contribution is 2.30. The Bertz CT molecular complexity index is 1160. The van der Waals surface area contributed by atoms with E-state index in [1.165, 1.54) is 11.0 Å². The molecule has 7 nitrogen and oxygen atoms in total. The number of ether oxygens (including phenoxy) is 1. The zero-order chi connectivity index (χ0) is 19.8. The number of cyclic esters (lactones) is 1. The van der Waals surface area contributed by atoms with Crippen LogP contribution in [0.3, 0.4) is 0 Å². The van der Waals surface area contributed by atoms with Crippen molar-refractivity contribution in [3.05, 3.63) is 59.8 Å². The molecule has 1 N–H and O–H groups in total. The summed E-state index contributed by atoms with van der Waals surface area (Å²) in [6, 6.07) is 5.99. The number of halogens is 1. The second kappa shape index (κ2) is 6.75. The molecule has 4 rings (SSSR count). The number of aldehydes is 1. The summed E-state index contributed by atoms with van der Waals surface area (Å²) < 4.78 is 21.7. The maximum Gasteiger partial charge on any atom is 0.415 e. The van der Waals surface area contributed by atoms with Crippen molar-refractivity contribution in [3.63, 3.8) is 0 Å². The van der Waals surface area contributed by atoms with E-state index in [1.807, 2.05) is 0 Å². The van der Waals surface area contributed by atoms with Gasteiger partial charge < -0.3 is 9.14 Å². The fourth-order valence-corrected chi connectivity index (χ4v) is 3.18. The number of carbonyl (C=O) groups excluding carboxylic acids is 2. The number of hydrogen-bond donors (Lipinski definition) is 1. The highest BCUT2D eigenvalue weighted by atomic mass is 19.1. The molecular weight excluding hydrogens is 363 g/mol. The van der Waals surface area contributed by atoms with Crippen LogP contribution >= 0.6 is 0 Å². The third-order valence-electron chi connectivity index (χ3n) is 4.71. The van der Waals surface area contributed by atoms with E-state index in [0.717, 1.165) is 0 Å². The molecule has 0 aliphatic carbocycles. The molecular formula is C20H15FN4O3. The lowest BCUT2D eigenvalue weighted by molar-refractivity contribution is 0.112. The number of rotatable bonds is 4. The lowest BCUT2D eigenvalue weighted by Crippen LogP contribution is -2.24. The Kier molecular flexibility index (Phi) is 4.25. The van der Waals surface area contributed by atoms with E-state index in [2.05, 4.69) is 10.9 Å². The first-order chi connectivity index (χ1) is 13.5. The number of aromatic nitrogens is 2. The quantitative estimate of drug-likeness (QED) is 0.556. The van der Waals surface area contributed by atoms with E-state index < -0.39 is 18.0 Å². The van der Waals surface area contributed by atoms with Gasteiger partial charge in [-0.1, -0.05) is 0 Å². The Balaban J connectivity index is 1.70. The van der Waals surface area contributed by atoms with Gasteiger partial charge in [0.05, 0.1) is 17.8 Å². The van der Waals surface area contributed by atoms with Crippen LogP contribution < -0.4 is 4.90 Å². The zero-order valence-electron chi connectivity index (χ0n) is 14.8. The van der Waals surface area contributed by atoms with Gasteiger partial charge in [0.15, 0.2) is 12.4 Å². The van der Waals surface area contributed by atoms with Crippen LogP contribution in [0.5, 0.6) is 0 Å². The van der Waals surface area contributed by atoms with Crippen molar-refractivity contribution in [1.29, 1.82) is 5.41 Å². The first-order valence-electron chi connectivity index (χ1n) is 8.48. The highest BCUT2D eigenvalue weighted by molar-refractivity contribution is 5.91. The van der Waals surface area contributed by atoms with Crippen molar-refractivity contribution in [2.75, 3.05) is 11.4 Å². The van der Waals surface area contributed by atoms with Crippen LogP contribution in [0.4, 0.5) is 14.9 Å². The zero-order valence-corrected chi connectivity index (χ0v) is 14.8. The summed E-state index contributed by atoms with van der Waals surface area (Å²) in [4.78, 5) is 28.9. The smallest absolute Gasteiger partial charge is 0.415 e.